The van der Waals surface area contributed by atoms with Crippen LogP contribution >= 0.6 is 0 Å². The topological polar surface area (TPSA) is 102 Å². The van der Waals surface area contributed by atoms with Gasteiger partial charge in [0, 0.05) is 24.8 Å². The van der Waals surface area contributed by atoms with E-state index in [0.29, 0.717) is 11.3 Å². The molecule has 7 nitrogen and oxygen atoms in total. The first kappa shape index (κ1) is 21.5. The second-order valence-electron chi connectivity index (χ2n) is 7.99. The summed E-state index contributed by atoms with van der Waals surface area (Å²) in [6, 6.07) is 2.73. The maximum Gasteiger partial charge on any atom is 0.265 e. The Morgan fingerprint density at radius 1 is 1.28 bits per heavy atom. The summed E-state index contributed by atoms with van der Waals surface area (Å²) in [5.41, 5.74) is 0.662. The van der Waals surface area contributed by atoms with Crippen molar-refractivity contribution < 1.29 is 31.5 Å². The Kier molecular flexibility index (Phi) is 5.59. The molecular weight excluding hydrogens is 406 g/mol. The summed E-state index contributed by atoms with van der Waals surface area (Å²) in [6.45, 7) is 5.13. The Labute approximate surface area is 168 Å². The third kappa shape index (κ3) is 4.52. The molecule has 0 unspecified atom stereocenters. The fourth-order valence-electron chi connectivity index (χ4n) is 3.56. The van der Waals surface area contributed by atoms with E-state index in [0.717, 1.165) is 0 Å². The summed E-state index contributed by atoms with van der Waals surface area (Å²) in [4.78, 5) is 24.3. The van der Waals surface area contributed by atoms with E-state index >= 15 is 0 Å². The summed E-state index contributed by atoms with van der Waals surface area (Å²) >= 11 is 0. The van der Waals surface area contributed by atoms with Crippen molar-refractivity contribution in [3.05, 3.63) is 17.7 Å². The number of carbonyl (C=O) groups excluding carboxylic acids is 2. The van der Waals surface area contributed by atoms with E-state index in [1.807, 2.05) is 4.72 Å². The highest BCUT2D eigenvalue weighted by Crippen LogP contribution is 2.37. The molecule has 1 fully saturated rings. The number of anilines is 1. The third-order valence-corrected chi connectivity index (χ3v) is 6.75. The van der Waals surface area contributed by atoms with Gasteiger partial charge in [-0.2, -0.15) is 0 Å². The average molecular weight is 430 g/mol. The van der Waals surface area contributed by atoms with Crippen molar-refractivity contribution in [1.29, 1.82) is 0 Å². The maximum absolute atomic E-state index is 13.3. The standard InChI is InChI=1S/C19H24F2N2O5S/c1-10(2)16-18(25)22-13-8-11(3)15(9-14(13)28-16)29(26,27)23-17(24)12-4-6-19(20,21)7-5-12/h8-10,12,16H,4-7H2,1-3H3,(H,22,25)(H,23,24)/t16-/m1/s1. The number of halogens is 2. The van der Waals surface area contributed by atoms with Crippen LogP contribution < -0.4 is 14.8 Å². The molecule has 1 heterocycles. The highest BCUT2D eigenvalue weighted by Gasteiger charge is 2.39. The zero-order valence-electron chi connectivity index (χ0n) is 16.4. The molecule has 1 aliphatic heterocycles. The molecule has 1 saturated carbocycles. The summed E-state index contributed by atoms with van der Waals surface area (Å²) in [5, 5.41) is 2.69. The summed E-state index contributed by atoms with van der Waals surface area (Å²) in [6.07, 6.45) is -1.77. The number of alkyl halides is 2. The summed E-state index contributed by atoms with van der Waals surface area (Å²) < 4.78 is 59.8. The molecule has 2 N–H and O–H groups in total. The molecule has 1 aromatic rings. The van der Waals surface area contributed by atoms with Gasteiger partial charge >= 0.3 is 0 Å². The van der Waals surface area contributed by atoms with Crippen LogP contribution in [-0.4, -0.2) is 32.3 Å². The van der Waals surface area contributed by atoms with Gasteiger partial charge in [0.25, 0.3) is 15.9 Å². The largest absolute Gasteiger partial charge is 0.478 e. The van der Waals surface area contributed by atoms with Crippen LogP contribution in [0.15, 0.2) is 17.0 Å². The number of hydrogen-bond donors (Lipinski definition) is 2. The van der Waals surface area contributed by atoms with Gasteiger partial charge in [0.2, 0.25) is 11.8 Å². The van der Waals surface area contributed by atoms with E-state index in [-0.39, 0.29) is 35.3 Å². The number of nitrogens with one attached hydrogen (secondary N) is 2. The van der Waals surface area contributed by atoms with Crippen molar-refractivity contribution in [2.45, 2.75) is 63.4 Å². The molecule has 3 rings (SSSR count). The van der Waals surface area contributed by atoms with E-state index in [1.54, 1.807) is 13.8 Å². The fraction of sp³-hybridized carbons (Fsp3) is 0.579. The zero-order chi connectivity index (χ0) is 21.6. The molecule has 1 aromatic carbocycles. The quantitative estimate of drug-likeness (QED) is 0.765. The van der Waals surface area contributed by atoms with Crippen molar-refractivity contribution in [3.8, 4) is 5.75 Å². The molecular formula is C19H24F2N2O5S. The van der Waals surface area contributed by atoms with Gasteiger partial charge in [-0.05, 0) is 37.3 Å². The van der Waals surface area contributed by atoms with Gasteiger partial charge in [-0.3, -0.25) is 9.59 Å². The monoisotopic (exact) mass is 430 g/mol. The Morgan fingerprint density at radius 3 is 2.48 bits per heavy atom. The molecule has 0 aromatic heterocycles. The summed E-state index contributed by atoms with van der Waals surface area (Å²) in [5.74, 6) is -4.62. The highest BCUT2D eigenvalue weighted by atomic mass is 32.2. The van der Waals surface area contributed by atoms with Gasteiger partial charge in [0.05, 0.1) is 10.6 Å². The lowest BCUT2D eigenvalue weighted by Gasteiger charge is -2.29. The number of rotatable bonds is 4. The molecule has 2 amide bonds. The Balaban J connectivity index is 1.81. The van der Waals surface area contributed by atoms with E-state index in [9.17, 15) is 26.8 Å². The van der Waals surface area contributed by atoms with E-state index in [4.69, 9.17) is 4.74 Å². The first-order chi connectivity index (χ1) is 13.4. The van der Waals surface area contributed by atoms with E-state index < -0.39 is 46.7 Å². The van der Waals surface area contributed by atoms with Crippen LogP contribution in [0.5, 0.6) is 5.75 Å². The Bertz CT molecular complexity index is 936. The van der Waals surface area contributed by atoms with Crippen LogP contribution in [0.3, 0.4) is 0 Å². The Hall–Kier alpha value is -2.23. The normalized spacial score (nSPS) is 21.9. The number of hydrogen-bond acceptors (Lipinski definition) is 5. The van der Waals surface area contributed by atoms with Crippen LogP contribution in [0, 0.1) is 18.8 Å². The van der Waals surface area contributed by atoms with Gasteiger partial charge in [-0.1, -0.05) is 13.8 Å². The number of fused-ring (bicyclic) bond motifs is 1. The molecule has 0 spiro atoms. The first-order valence-electron chi connectivity index (χ1n) is 9.46. The Morgan fingerprint density at radius 2 is 1.90 bits per heavy atom. The molecule has 1 atom stereocenters. The number of carbonyl (C=O) groups is 2. The molecule has 0 bridgehead atoms. The molecule has 160 valence electrons. The van der Waals surface area contributed by atoms with Crippen LogP contribution in [0.4, 0.5) is 14.5 Å². The van der Waals surface area contributed by atoms with Crippen molar-refractivity contribution in [1.82, 2.24) is 4.72 Å². The minimum Gasteiger partial charge on any atom is -0.478 e. The molecule has 0 radical (unpaired) electrons. The van der Waals surface area contributed by atoms with Gasteiger partial charge in [0.1, 0.15) is 5.75 Å². The second kappa shape index (κ2) is 7.55. The smallest absolute Gasteiger partial charge is 0.265 e. The van der Waals surface area contributed by atoms with Crippen molar-refractivity contribution in [2.75, 3.05) is 5.32 Å². The predicted molar refractivity (Wildman–Crippen MR) is 101 cm³/mol. The number of ether oxygens (including phenoxy) is 1. The van der Waals surface area contributed by atoms with Crippen molar-refractivity contribution in [2.24, 2.45) is 11.8 Å². The molecule has 2 aliphatic rings. The molecule has 0 saturated heterocycles. The van der Waals surface area contributed by atoms with Gasteiger partial charge in [0.15, 0.2) is 6.10 Å². The highest BCUT2D eigenvalue weighted by molar-refractivity contribution is 7.90. The lowest BCUT2D eigenvalue weighted by molar-refractivity contribution is -0.127. The van der Waals surface area contributed by atoms with Gasteiger partial charge < -0.3 is 10.1 Å². The second-order valence-corrected chi connectivity index (χ2v) is 9.64. The van der Waals surface area contributed by atoms with Crippen LogP contribution in [0.25, 0.3) is 0 Å². The van der Waals surface area contributed by atoms with E-state index in [2.05, 4.69) is 5.32 Å². The maximum atomic E-state index is 13.3. The SMILES string of the molecule is Cc1cc2c(cc1S(=O)(=O)NC(=O)C1CCC(F)(F)CC1)O[C@H](C(C)C)C(=O)N2. The third-order valence-electron chi connectivity index (χ3n) is 5.27. The van der Waals surface area contributed by atoms with E-state index in [1.165, 1.54) is 19.1 Å². The van der Waals surface area contributed by atoms with Crippen LogP contribution in [0.2, 0.25) is 0 Å². The fourth-order valence-corrected chi connectivity index (χ4v) is 4.85. The van der Waals surface area contributed by atoms with Crippen molar-refractivity contribution in [3.63, 3.8) is 0 Å². The van der Waals surface area contributed by atoms with Crippen molar-refractivity contribution >= 4 is 27.5 Å². The first-order valence-corrected chi connectivity index (χ1v) is 10.9. The number of aryl methyl sites for hydroxylation is 1. The molecule has 29 heavy (non-hydrogen) atoms. The minimum absolute atomic E-state index is 0.0667. The number of sulfonamides is 1. The lowest BCUT2D eigenvalue weighted by Crippen LogP contribution is -2.41. The minimum atomic E-state index is -4.23. The zero-order valence-corrected chi connectivity index (χ0v) is 17.2. The predicted octanol–water partition coefficient (Wildman–Crippen LogP) is 2.98. The lowest BCUT2D eigenvalue weighted by atomic mass is 9.86. The molecule has 10 heteroatoms. The summed E-state index contributed by atoms with van der Waals surface area (Å²) in [7, 11) is -4.23. The molecule has 1 aliphatic carbocycles. The number of benzene rings is 1. The van der Waals surface area contributed by atoms with Crippen LogP contribution in [-0.2, 0) is 19.6 Å². The average Bonchev–Trinajstić information content (AvgIpc) is 2.59. The van der Waals surface area contributed by atoms with Crippen LogP contribution in [0.1, 0.15) is 45.1 Å². The van der Waals surface area contributed by atoms with Gasteiger partial charge in [-0.25, -0.2) is 21.9 Å². The number of amides is 2. The van der Waals surface area contributed by atoms with Gasteiger partial charge in [-0.15, -0.1) is 0 Å².